The van der Waals surface area contributed by atoms with Crippen LogP contribution in [0.3, 0.4) is 0 Å². The van der Waals surface area contributed by atoms with Crippen LogP contribution in [0.5, 0.6) is 17.2 Å². The van der Waals surface area contributed by atoms with Crippen LogP contribution in [0.4, 0.5) is 0 Å². The monoisotopic (exact) mass is 348 g/mol. The molecule has 0 aliphatic carbocycles. The van der Waals surface area contributed by atoms with Crippen molar-refractivity contribution in [3.63, 3.8) is 0 Å². The van der Waals surface area contributed by atoms with Gasteiger partial charge in [0.25, 0.3) is 5.91 Å². The summed E-state index contributed by atoms with van der Waals surface area (Å²) >= 11 is 5.77. The largest absolute Gasteiger partial charge is 0.507 e. The number of rotatable bonds is 7. The van der Waals surface area contributed by atoms with Gasteiger partial charge in [0.15, 0.2) is 6.61 Å². The number of phenolic OH excluding ortho intramolecular Hbond substituents is 1. The number of hydrazine groups is 1. The third-order valence-electron chi connectivity index (χ3n) is 3.07. The molecule has 0 unspecified atom stereocenters. The summed E-state index contributed by atoms with van der Waals surface area (Å²) in [6, 6.07) is 11.4. The number of hydrogen-bond acceptors (Lipinski definition) is 5. The second-order valence-corrected chi connectivity index (χ2v) is 5.21. The molecule has 2 aromatic rings. The van der Waals surface area contributed by atoms with Crippen LogP contribution in [0.2, 0.25) is 5.02 Å². The average Bonchev–Trinajstić information content (AvgIpc) is 2.59. The number of benzene rings is 2. The Morgan fingerprint density at radius 1 is 1.17 bits per heavy atom. The van der Waals surface area contributed by atoms with E-state index in [9.17, 15) is 9.90 Å². The molecule has 0 heterocycles. The van der Waals surface area contributed by atoms with Gasteiger partial charge in [0, 0.05) is 16.7 Å². The van der Waals surface area contributed by atoms with Gasteiger partial charge in [0.1, 0.15) is 17.2 Å². The normalized spacial score (nSPS) is 9.92. The third-order valence-corrected chi connectivity index (χ3v) is 3.32. The van der Waals surface area contributed by atoms with Crippen LogP contribution in [-0.4, -0.2) is 24.7 Å². The van der Waals surface area contributed by atoms with Crippen molar-refractivity contribution in [1.29, 1.82) is 0 Å². The smallest absolute Gasteiger partial charge is 0.276 e. The van der Waals surface area contributed by atoms with Crippen molar-refractivity contribution in [3.8, 4) is 17.2 Å². The average molecular weight is 349 g/mol. The van der Waals surface area contributed by atoms with Crippen molar-refractivity contribution >= 4 is 23.2 Å². The minimum atomic E-state index is -0.404. The number of carbonyl (C=O) groups excluding carboxylic acids is 1. The van der Waals surface area contributed by atoms with E-state index in [0.29, 0.717) is 27.8 Å². The van der Waals surface area contributed by atoms with Crippen molar-refractivity contribution in [2.45, 2.75) is 0 Å². The van der Waals surface area contributed by atoms with Crippen LogP contribution in [0, 0.1) is 0 Å². The fraction of sp³-hybridized carbons (Fsp3) is 0.118. The Hall–Kier alpha value is -2.86. The summed E-state index contributed by atoms with van der Waals surface area (Å²) in [5, 5.41) is 10.5. The van der Waals surface area contributed by atoms with Crippen molar-refractivity contribution < 1.29 is 19.4 Å². The molecular formula is C17H17ClN2O4. The first kappa shape index (κ1) is 17.5. The van der Waals surface area contributed by atoms with Crippen LogP contribution >= 0.6 is 11.6 Å². The molecule has 2 rings (SSSR count). The predicted octanol–water partition coefficient (Wildman–Crippen LogP) is 2.72. The Balaban J connectivity index is 1.82. The highest BCUT2D eigenvalue weighted by Gasteiger charge is 2.08. The minimum Gasteiger partial charge on any atom is -0.507 e. The molecule has 3 N–H and O–H groups in total. The molecule has 0 saturated carbocycles. The highest BCUT2D eigenvalue weighted by molar-refractivity contribution is 6.30. The standard InChI is InChI=1S/C17H17ClN2O4/c1-11(15-8-7-14(23-2)9-16(15)21)19-20-17(22)10-24-13-5-3-12(18)4-6-13/h3-9,19,21H,1,10H2,2H3,(H,20,22). The number of halogens is 1. The first-order valence-corrected chi connectivity index (χ1v) is 7.37. The maximum atomic E-state index is 11.8. The van der Waals surface area contributed by atoms with E-state index in [4.69, 9.17) is 21.1 Å². The summed E-state index contributed by atoms with van der Waals surface area (Å²) in [6.45, 7) is 3.58. The lowest BCUT2D eigenvalue weighted by atomic mass is 10.1. The van der Waals surface area contributed by atoms with Crippen LogP contribution in [-0.2, 0) is 4.79 Å². The van der Waals surface area contributed by atoms with Crippen molar-refractivity contribution in [3.05, 3.63) is 59.6 Å². The SMILES string of the molecule is C=C(NNC(=O)COc1ccc(Cl)cc1)c1ccc(OC)cc1O. The molecule has 7 heteroatoms. The first-order chi connectivity index (χ1) is 11.5. The fourth-order valence-corrected chi connectivity index (χ4v) is 1.95. The Bertz CT molecular complexity index is 732. The molecule has 6 nitrogen and oxygen atoms in total. The summed E-state index contributed by atoms with van der Waals surface area (Å²) in [4.78, 5) is 11.8. The Morgan fingerprint density at radius 2 is 1.83 bits per heavy atom. The van der Waals surface area contributed by atoms with Crippen LogP contribution in [0.15, 0.2) is 49.0 Å². The zero-order valence-corrected chi connectivity index (χ0v) is 13.8. The molecule has 24 heavy (non-hydrogen) atoms. The molecule has 0 bridgehead atoms. The molecule has 0 radical (unpaired) electrons. The number of aromatic hydroxyl groups is 1. The first-order valence-electron chi connectivity index (χ1n) is 6.99. The van der Waals surface area contributed by atoms with Gasteiger partial charge in [0.05, 0.1) is 12.8 Å². The lowest BCUT2D eigenvalue weighted by Crippen LogP contribution is -2.38. The number of amides is 1. The Kier molecular flexibility index (Phi) is 5.92. The second kappa shape index (κ2) is 8.12. The van der Waals surface area contributed by atoms with Gasteiger partial charge in [-0.3, -0.25) is 15.6 Å². The molecule has 0 aromatic heterocycles. The lowest BCUT2D eigenvalue weighted by molar-refractivity contribution is -0.123. The summed E-state index contributed by atoms with van der Waals surface area (Å²) in [7, 11) is 1.50. The molecule has 0 aliphatic heterocycles. The van der Waals surface area contributed by atoms with E-state index < -0.39 is 5.91 Å². The van der Waals surface area contributed by atoms with E-state index in [-0.39, 0.29) is 12.4 Å². The zero-order chi connectivity index (χ0) is 17.5. The van der Waals surface area contributed by atoms with Gasteiger partial charge >= 0.3 is 0 Å². The van der Waals surface area contributed by atoms with E-state index in [1.54, 1.807) is 36.4 Å². The van der Waals surface area contributed by atoms with Crippen LogP contribution in [0.1, 0.15) is 5.56 Å². The summed E-state index contributed by atoms with van der Waals surface area (Å²) in [5.74, 6) is 0.628. The van der Waals surface area contributed by atoms with Crippen molar-refractivity contribution in [1.82, 2.24) is 10.9 Å². The quantitative estimate of drug-likeness (QED) is 0.670. The summed E-state index contributed by atoms with van der Waals surface area (Å²) in [5.41, 5.74) is 5.83. The number of ether oxygens (including phenoxy) is 2. The molecule has 126 valence electrons. The van der Waals surface area contributed by atoms with Gasteiger partial charge in [-0.15, -0.1) is 0 Å². The highest BCUT2D eigenvalue weighted by Crippen LogP contribution is 2.26. The molecule has 0 spiro atoms. The number of phenols is 1. The van der Waals surface area contributed by atoms with Gasteiger partial charge in [-0.1, -0.05) is 18.2 Å². The second-order valence-electron chi connectivity index (χ2n) is 4.78. The molecular weight excluding hydrogens is 332 g/mol. The molecule has 0 saturated heterocycles. The Morgan fingerprint density at radius 3 is 2.46 bits per heavy atom. The van der Waals surface area contributed by atoms with Crippen molar-refractivity contribution in [2.75, 3.05) is 13.7 Å². The summed E-state index contributed by atoms with van der Waals surface area (Å²) in [6.07, 6.45) is 0. The zero-order valence-electron chi connectivity index (χ0n) is 13.0. The number of nitrogens with one attached hydrogen (secondary N) is 2. The van der Waals surface area contributed by atoms with E-state index in [2.05, 4.69) is 17.4 Å². The lowest BCUT2D eigenvalue weighted by Gasteiger charge is -2.13. The van der Waals surface area contributed by atoms with E-state index in [1.807, 2.05) is 0 Å². The van der Waals surface area contributed by atoms with Crippen molar-refractivity contribution in [2.24, 2.45) is 0 Å². The van der Waals surface area contributed by atoms with E-state index in [1.165, 1.54) is 13.2 Å². The van der Waals surface area contributed by atoms with Gasteiger partial charge in [-0.2, -0.15) is 0 Å². The maximum absolute atomic E-state index is 11.8. The highest BCUT2D eigenvalue weighted by atomic mass is 35.5. The topological polar surface area (TPSA) is 79.8 Å². The molecule has 0 atom stereocenters. The third kappa shape index (κ3) is 4.82. The molecule has 0 fully saturated rings. The maximum Gasteiger partial charge on any atom is 0.276 e. The van der Waals surface area contributed by atoms with Gasteiger partial charge < -0.3 is 14.6 Å². The van der Waals surface area contributed by atoms with Gasteiger partial charge in [0.2, 0.25) is 0 Å². The number of hydrogen-bond donors (Lipinski definition) is 3. The predicted molar refractivity (Wildman–Crippen MR) is 91.9 cm³/mol. The van der Waals surface area contributed by atoms with Gasteiger partial charge in [-0.25, -0.2) is 0 Å². The van der Waals surface area contributed by atoms with Gasteiger partial charge in [-0.05, 0) is 36.4 Å². The molecule has 2 aromatic carbocycles. The fourth-order valence-electron chi connectivity index (χ4n) is 1.82. The summed E-state index contributed by atoms with van der Waals surface area (Å²) < 4.78 is 10.3. The number of carbonyl (C=O) groups is 1. The van der Waals surface area contributed by atoms with Crippen LogP contribution < -0.4 is 20.3 Å². The van der Waals surface area contributed by atoms with E-state index >= 15 is 0 Å². The number of methoxy groups -OCH3 is 1. The molecule has 0 aliphatic rings. The van der Waals surface area contributed by atoms with Crippen LogP contribution in [0.25, 0.3) is 5.70 Å². The van der Waals surface area contributed by atoms with E-state index in [0.717, 1.165) is 0 Å². The molecule has 1 amide bonds. The minimum absolute atomic E-state index is 0.0153. The Labute approximate surface area is 144 Å².